The Morgan fingerprint density at radius 3 is 2.48 bits per heavy atom. The van der Waals surface area contributed by atoms with Crippen molar-refractivity contribution in [3.8, 4) is 0 Å². The van der Waals surface area contributed by atoms with Crippen LogP contribution in [-0.2, 0) is 23.8 Å². The first-order valence-electron chi connectivity index (χ1n) is 12.1. The maximum Gasteiger partial charge on any atom is 0.331 e. The number of ether oxygens (including phenoxy) is 3. The van der Waals surface area contributed by atoms with Crippen LogP contribution < -0.4 is 0 Å². The molecule has 12 atom stereocenters. The molecule has 2 saturated heterocycles. The zero-order chi connectivity index (χ0) is 22.1. The van der Waals surface area contributed by atoms with Gasteiger partial charge in [0.15, 0.2) is 0 Å². The first-order valence-corrected chi connectivity index (χ1v) is 12.1. The van der Waals surface area contributed by atoms with E-state index in [9.17, 15) is 14.7 Å². The Labute approximate surface area is 183 Å². The van der Waals surface area contributed by atoms with Crippen LogP contribution in [0.25, 0.3) is 0 Å². The number of Topliss-reactive ketones (excluding diaryl/α,β-unsaturated/α-hetero) is 1. The summed E-state index contributed by atoms with van der Waals surface area (Å²) >= 11 is 0. The van der Waals surface area contributed by atoms with Crippen LogP contribution in [0.4, 0.5) is 0 Å². The van der Waals surface area contributed by atoms with Crippen LogP contribution in [0.5, 0.6) is 0 Å². The van der Waals surface area contributed by atoms with Crippen molar-refractivity contribution in [3.05, 3.63) is 11.6 Å². The van der Waals surface area contributed by atoms with E-state index in [4.69, 9.17) is 14.2 Å². The molecule has 3 heterocycles. The van der Waals surface area contributed by atoms with E-state index in [2.05, 4.69) is 20.8 Å². The molecule has 0 aromatic rings. The van der Waals surface area contributed by atoms with E-state index < -0.39 is 22.9 Å². The van der Waals surface area contributed by atoms with Crippen molar-refractivity contribution in [2.45, 2.75) is 89.5 Å². The van der Waals surface area contributed by atoms with Crippen LogP contribution in [-0.4, -0.2) is 46.1 Å². The molecule has 3 saturated carbocycles. The van der Waals surface area contributed by atoms with Gasteiger partial charge in [0.1, 0.15) is 17.5 Å². The van der Waals surface area contributed by atoms with E-state index in [0.717, 1.165) is 18.4 Å². The van der Waals surface area contributed by atoms with Gasteiger partial charge in [0, 0.05) is 23.8 Å². The minimum absolute atomic E-state index is 0.0312. The van der Waals surface area contributed by atoms with Crippen LogP contribution in [0.2, 0.25) is 0 Å². The number of carbonyl (C=O) groups excluding carboxylic acids is 2. The Bertz CT molecular complexity index is 896. The molecule has 2 bridgehead atoms. The molecule has 0 unspecified atom stereocenters. The highest BCUT2D eigenvalue weighted by Gasteiger charge is 2.85. The van der Waals surface area contributed by atoms with Crippen molar-refractivity contribution in [2.75, 3.05) is 0 Å². The van der Waals surface area contributed by atoms with Crippen LogP contribution in [0.1, 0.15) is 60.3 Å². The van der Waals surface area contributed by atoms with E-state index in [1.807, 2.05) is 13.8 Å². The van der Waals surface area contributed by atoms with Crippen molar-refractivity contribution in [1.29, 1.82) is 0 Å². The molecule has 6 aliphatic rings. The maximum atomic E-state index is 14.0. The third-order valence-corrected chi connectivity index (χ3v) is 9.88. The van der Waals surface area contributed by atoms with Gasteiger partial charge in [-0.1, -0.05) is 20.8 Å². The predicted octanol–water partition coefficient (Wildman–Crippen LogP) is 3.02. The topological polar surface area (TPSA) is 82.1 Å². The predicted molar refractivity (Wildman–Crippen MR) is 111 cm³/mol. The van der Waals surface area contributed by atoms with Crippen LogP contribution in [0.3, 0.4) is 0 Å². The second-order valence-electron chi connectivity index (χ2n) is 11.7. The van der Waals surface area contributed by atoms with Gasteiger partial charge in [0.25, 0.3) is 0 Å². The normalized spacial score (nSPS) is 59.0. The Balaban J connectivity index is 1.42. The van der Waals surface area contributed by atoms with E-state index >= 15 is 0 Å². The third-order valence-electron chi connectivity index (χ3n) is 9.88. The highest BCUT2D eigenvalue weighted by Crippen LogP contribution is 2.72. The highest BCUT2D eigenvalue weighted by atomic mass is 16.7. The Kier molecular flexibility index (Phi) is 3.95. The number of esters is 1. The van der Waals surface area contributed by atoms with Crippen LogP contribution in [0, 0.1) is 41.4 Å². The zero-order valence-corrected chi connectivity index (χ0v) is 19.1. The quantitative estimate of drug-likeness (QED) is 0.691. The fourth-order valence-electron chi connectivity index (χ4n) is 8.35. The monoisotopic (exact) mass is 430 g/mol. The summed E-state index contributed by atoms with van der Waals surface area (Å²) < 4.78 is 19.1. The second kappa shape index (κ2) is 6.00. The van der Waals surface area contributed by atoms with E-state index in [0.29, 0.717) is 18.8 Å². The first kappa shape index (κ1) is 20.4. The molecule has 6 rings (SSSR count). The molecule has 170 valence electrons. The second-order valence-corrected chi connectivity index (χ2v) is 11.7. The molecule has 3 aliphatic heterocycles. The number of rotatable bonds is 4. The summed E-state index contributed by atoms with van der Waals surface area (Å²) in [5, 5.41) is 12.4. The summed E-state index contributed by atoms with van der Waals surface area (Å²) in [5.74, 6) is -1.17. The third kappa shape index (κ3) is 2.29. The Hall–Kier alpha value is -1.24. The molecule has 0 amide bonds. The highest BCUT2D eigenvalue weighted by molar-refractivity contribution is 5.89. The smallest absolute Gasteiger partial charge is 0.331 e. The van der Waals surface area contributed by atoms with Gasteiger partial charge in [-0.15, -0.1) is 0 Å². The largest absolute Gasteiger partial charge is 0.455 e. The number of hydrogen-bond acceptors (Lipinski definition) is 6. The van der Waals surface area contributed by atoms with E-state index in [1.165, 1.54) is 6.08 Å². The molecule has 0 radical (unpaired) electrons. The average Bonchev–Trinajstić information content (AvgIpc) is 3.08. The Morgan fingerprint density at radius 1 is 1.16 bits per heavy atom. The molecule has 1 N–H and O–H groups in total. The molecule has 31 heavy (non-hydrogen) atoms. The van der Waals surface area contributed by atoms with Gasteiger partial charge in [-0.05, 0) is 62.9 Å². The van der Waals surface area contributed by atoms with Gasteiger partial charge in [-0.25, -0.2) is 4.79 Å². The lowest BCUT2D eigenvalue weighted by Gasteiger charge is -2.58. The van der Waals surface area contributed by atoms with Crippen molar-refractivity contribution in [2.24, 2.45) is 41.4 Å². The molecule has 3 aliphatic carbocycles. The molecule has 0 spiro atoms. The fraction of sp³-hybridized carbons (Fsp3) is 0.840. The number of ketones is 1. The number of hydrogen-bond donors (Lipinski definition) is 1. The van der Waals surface area contributed by atoms with Crippen molar-refractivity contribution in [3.63, 3.8) is 0 Å². The van der Waals surface area contributed by atoms with E-state index in [1.54, 1.807) is 0 Å². The van der Waals surface area contributed by atoms with E-state index in [-0.39, 0.29) is 53.6 Å². The minimum Gasteiger partial charge on any atom is -0.455 e. The minimum atomic E-state index is -1.31. The summed E-state index contributed by atoms with van der Waals surface area (Å²) in [4.78, 5) is 25.7. The van der Waals surface area contributed by atoms with Gasteiger partial charge in [0.2, 0.25) is 5.79 Å². The van der Waals surface area contributed by atoms with Crippen LogP contribution in [0.15, 0.2) is 11.6 Å². The molecule has 0 aromatic carbocycles. The van der Waals surface area contributed by atoms with Gasteiger partial charge in [-0.2, -0.15) is 0 Å². The van der Waals surface area contributed by atoms with Crippen molar-refractivity contribution >= 4 is 11.8 Å². The SMILES string of the molecule is CC1=CC(=O)O[C@H]1CC[C@@]1(C)O[C@@]2([C@H]3C[C@@H]3C)O[C@H]3C[C@H](C)[C@H]4C(=O)[C@@H]1[C@]2(O)[C@H](C)[C@H]43. The fourth-order valence-corrected chi connectivity index (χ4v) is 8.35. The van der Waals surface area contributed by atoms with Gasteiger partial charge in [0.05, 0.1) is 17.6 Å². The summed E-state index contributed by atoms with van der Waals surface area (Å²) in [6.45, 7) is 10.3. The summed E-state index contributed by atoms with van der Waals surface area (Å²) in [5.41, 5.74) is -1.26. The molecule has 6 nitrogen and oxygen atoms in total. The summed E-state index contributed by atoms with van der Waals surface area (Å²) in [6, 6.07) is 0. The van der Waals surface area contributed by atoms with Gasteiger partial charge >= 0.3 is 5.97 Å². The lowest BCUT2D eigenvalue weighted by molar-refractivity contribution is -0.374. The Morgan fingerprint density at radius 2 is 1.87 bits per heavy atom. The van der Waals surface area contributed by atoms with Crippen LogP contribution >= 0.6 is 0 Å². The number of carbonyl (C=O) groups is 2. The first-order chi connectivity index (χ1) is 14.5. The van der Waals surface area contributed by atoms with Crippen molar-refractivity contribution in [1.82, 2.24) is 0 Å². The number of cyclic esters (lactones) is 1. The lowest BCUT2D eigenvalue weighted by atomic mass is 9.52. The molecular formula is C25H34O6. The average molecular weight is 431 g/mol. The van der Waals surface area contributed by atoms with Gasteiger partial charge < -0.3 is 19.3 Å². The summed E-state index contributed by atoms with van der Waals surface area (Å²) in [6.07, 6.45) is 4.12. The molecular weight excluding hydrogens is 396 g/mol. The molecule has 0 aromatic heterocycles. The molecule has 5 fully saturated rings. The standard InChI is InChI=1S/C25H34O6/c1-11-8-15(11)25-24(28)14(4)20-17(30-25)9-13(3)19(20)21(27)22(24)23(5,31-25)7-6-16-12(2)10-18(26)29-16/h10-11,13-17,19-20,22,28H,6-9H2,1-5H3/t11-,13-,14+,15-,16-,17-,19+,20-,22-,23+,24+,25+/m0/s1. The van der Waals surface area contributed by atoms with Crippen molar-refractivity contribution < 1.29 is 28.9 Å². The lowest BCUT2D eigenvalue weighted by Crippen LogP contribution is -2.73. The number of aliphatic hydroxyl groups is 1. The van der Waals surface area contributed by atoms with Gasteiger partial charge in [-0.3, -0.25) is 4.79 Å². The molecule has 6 heteroatoms. The maximum absolute atomic E-state index is 14.0. The zero-order valence-electron chi connectivity index (χ0n) is 19.1. The summed E-state index contributed by atoms with van der Waals surface area (Å²) in [7, 11) is 0.